The first-order valence-corrected chi connectivity index (χ1v) is 8.91. The summed E-state index contributed by atoms with van der Waals surface area (Å²) in [7, 11) is 3.73. The Balaban J connectivity index is 1.50. The summed E-state index contributed by atoms with van der Waals surface area (Å²) < 4.78 is 20.8. The normalized spacial score (nSPS) is 18.8. The van der Waals surface area contributed by atoms with Crippen LogP contribution in [0.1, 0.15) is 24.8 Å². The van der Waals surface area contributed by atoms with Crippen molar-refractivity contribution in [3.63, 3.8) is 0 Å². The third-order valence-electron chi connectivity index (χ3n) is 4.58. The predicted molar refractivity (Wildman–Crippen MR) is 100.0 cm³/mol. The number of ether oxygens (including phenoxy) is 1. The number of halogens is 1. The van der Waals surface area contributed by atoms with Crippen molar-refractivity contribution in [2.75, 3.05) is 26.7 Å². The lowest BCUT2D eigenvalue weighted by Crippen LogP contribution is -2.43. The van der Waals surface area contributed by atoms with Gasteiger partial charge in [0.15, 0.2) is 5.96 Å². The molecule has 1 aromatic heterocycles. The van der Waals surface area contributed by atoms with Gasteiger partial charge in [-0.2, -0.15) is 5.10 Å². The highest BCUT2D eigenvalue weighted by molar-refractivity contribution is 5.80. The van der Waals surface area contributed by atoms with Crippen LogP contribution in [0.5, 0.6) is 5.75 Å². The lowest BCUT2D eigenvalue weighted by molar-refractivity contribution is 0.221. The number of aryl methyl sites for hydroxylation is 1. The second kappa shape index (κ2) is 8.21. The smallest absolute Gasteiger partial charge is 0.193 e. The Morgan fingerprint density at radius 1 is 1.50 bits per heavy atom. The summed E-state index contributed by atoms with van der Waals surface area (Å²) in [6, 6.07) is 6.20. The SMILES string of the molecule is CN=C(NCC(C)Oc1cccc(F)c1)N1CCC(c2cnn(C)c2)C1. The van der Waals surface area contributed by atoms with Gasteiger partial charge < -0.3 is 15.0 Å². The van der Waals surface area contributed by atoms with E-state index in [1.165, 1.54) is 17.7 Å². The van der Waals surface area contributed by atoms with Crippen LogP contribution in [-0.4, -0.2) is 53.4 Å². The Morgan fingerprint density at radius 3 is 3.04 bits per heavy atom. The van der Waals surface area contributed by atoms with E-state index in [9.17, 15) is 4.39 Å². The zero-order chi connectivity index (χ0) is 18.5. The summed E-state index contributed by atoms with van der Waals surface area (Å²) >= 11 is 0. The van der Waals surface area contributed by atoms with Gasteiger partial charge in [-0.05, 0) is 31.0 Å². The predicted octanol–water partition coefficient (Wildman–Crippen LogP) is 2.39. The number of aliphatic imine (C=N–C) groups is 1. The topological polar surface area (TPSA) is 54.7 Å². The number of guanidine groups is 1. The van der Waals surface area contributed by atoms with Crippen molar-refractivity contribution in [3.05, 3.63) is 48.0 Å². The maximum absolute atomic E-state index is 13.2. The van der Waals surface area contributed by atoms with Crippen molar-refractivity contribution in [1.29, 1.82) is 0 Å². The van der Waals surface area contributed by atoms with Gasteiger partial charge in [0.1, 0.15) is 17.7 Å². The zero-order valence-corrected chi connectivity index (χ0v) is 15.5. The first-order valence-electron chi connectivity index (χ1n) is 8.91. The molecule has 0 bridgehead atoms. The number of nitrogens with one attached hydrogen (secondary N) is 1. The Kier molecular flexibility index (Phi) is 5.75. The first kappa shape index (κ1) is 18.2. The number of aromatic nitrogens is 2. The molecule has 140 valence electrons. The Hall–Kier alpha value is -2.57. The molecule has 1 N–H and O–H groups in total. The van der Waals surface area contributed by atoms with E-state index < -0.39 is 0 Å². The van der Waals surface area contributed by atoms with Gasteiger partial charge in [-0.15, -0.1) is 0 Å². The van der Waals surface area contributed by atoms with Crippen molar-refractivity contribution in [3.8, 4) is 5.75 Å². The fraction of sp³-hybridized carbons (Fsp3) is 0.474. The second-order valence-electron chi connectivity index (χ2n) is 6.69. The van der Waals surface area contributed by atoms with E-state index in [-0.39, 0.29) is 11.9 Å². The molecule has 0 aliphatic carbocycles. The average molecular weight is 359 g/mol. The molecule has 2 atom stereocenters. The van der Waals surface area contributed by atoms with Crippen molar-refractivity contribution in [2.45, 2.75) is 25.4 Å². The van der Waals surface area contributed by atoms with E-state index in [1.54, 1.807) is 19.2 Å². The van der Waals surface area contributed by atoms with Crippen molar-refractivity contribution in [2.24, 2.45) is 12.0 Å². The molecule has 1 aliphatic heterocycles. The van der Waals surface area contributed by atoms with Crippen LogP contribution in [0, 0.1) is 5.82 Å². The molecular weight excluding hydrogens is 333 g/mol. The number of rotatable bonds is 5. The van der Waals surface area contributed by atoms with Gasteiger partial charge in [-0.3, -0.25) is 9.67 Å². The van der Waals surface area contributed by atoms with Gasteiger partial charge in [-0.1, -0.05) is 6.07 Å². The van der Waals surface area contributed by atoms with Crippen molar-refractivity contribution in [1.82, 2.24) is 20.0 Å². The lowest BCUT2D eigenvalue weighted by Gasteiger charge is -2.23. The summed E-state index contributed by atoms with van der Waals surface area (Å²) in [6.07, 6.45) is 5.01. The molecule has 0 radical (unpaired) electrons. The molecular formula is C19H26FN5O. The third kappa shape index (κ3) is 4.53. The highest BCUT2D eigenvalue weighted by atomic mass is 19.1. The number of hydrogen-bond donors (Lipinski definition) is 1. The maximum atomic E-state index is 13.2. The van der Waals surface area contributed by atoms with Crippen LogP contribution in [0.15, 0.2) is 41.7 Å². The molecule has 7 heteroatoms. The minimum atomic E-state index is -0.294. The summed E-state index contributed by atoms with van der Waals surface area (Å²) in [5.41, 5.74) is 1.27. The number of benzene rings is 1. The third-order valence-corrected chi connectivity index (χ3v) is 4.58. The van der Waals surface area contributed by atoms with Crippen LogP contribution in [-0.2, 0) is 7.05 Å². The van der Waals surface area contributed by atoms with Gasteiger partial charge in [0.05, 0.1) is 12.7 Å². The van der Waals surface area contributed by atoms with E-state index >= 15 is 0 Å². The second-order valence-corrected chi connectivity index (χ2v) is 6.69. The van der Waals surface area contributed by atoms with Crippen LogP contribution < -0.4 is 10.1 Å². The lowest BCUT2D eigenvalue weighted by atomic mass is 10.0. The van der Waals surface area contributed by atoms with Gasteiger partial charge in [0, 0.05) is 45.4 Å². The highest BCUT2D eigenvalue weighted by Crippen LogP contribution is 2.26. The molecule has 1 fully saturated rings. The molecule has 1 aromatic carbocycles. The van der Waals surface area contributed by atoms with Crippen LogP contribution in [0.2, 0.25) is 0 Å². The molecule has 1 aliphatic rings. The molecule has 1 saturated heterocycles. The van der Waals surface area contributed by atoms with E-state index in [2.05, 4.69) is 26.5 Å². The van der Waals surface area contributed by atoms with Gasteiger partial charge in [0.2, 0.25) is 0 Å². The molecule has 2 unspecified atom stereocenters. The number of likely N-dealkylation sites (tertiary alicyclic amines) is 1. The minimum absolute atomic E-state index is 0.106. The van der Waals surface area contributed by atoms with Crippen LogP contribution >= 0.6 is 0 Å². The van der Waals surface area contributed by atoms with E-state index in [1.807, 2.05) is 24.9 Å². The molecule has 26 heavy (non-hydrogen) atoms. The summed E-state index contributed by atoms with van der Waals surface area (Å²) in [5, 5.41) is 7.63. The zero-order valence-electron chi connectivity index (χ0n) is 15.5. The molecule has 6 nitrogen and oxygen atoms in total. The van der Waals surface area contributed by atoms with Crippen LogP contribution in [0.25, 0.3) is 0 Å². The van der Waals surface area contributed by atoms with E-state index in [0.29, 0.717) is 18.2 Å². The Bertz CT molecular complexity index is 760. The number of hydrogen-bond acceptors (Lipinski definition) is 3. The van der Waals surface area contributed by atoms with Gasteiger partial charge >= 0.3 is 0 Å². The highest BCUT2D eigenvalue weighted by Gasteiger charge is 2.27. The summed E-state index contributed by atoms with van der Waals surface area (Å²) in [4.78, 5) is 6.65. The maximum Gasteiger partial charge on any atom is 0.193 e. The standard InChI is InChI=1S/C19H26FN5O/c1-14(26-18-6-4-5-17(20)9-18)10-22-19(21-2)25-8-7-15(13-25)16-11-23-24(3)12-16/h4-6,9,11-12,14-15H,7-8,10,13H2,1-3H3,(H,21,22). The summed E-state index contributed by atoms with van der Waals surface area (Å²) in [5.74, 6) is 1.58. The molecule has 0 saturated carbocycles. The number of nitrogens with zero attached hydrogens (tertiary/aromatic N) is 4. The molecule has 2 heterocycles. The monoisotopic (exact) mass is 359 g/mol. The molecule has 0 amide bonds. The van der Waals surface area contributed by atoms with Crippen molar-refractivity contribution >= 4 is 5.96 Å². The fourth-order valence-corrected chi connectivity index (χ4v) is 3.26. The Labute approximate surface area is 153 Å². The molecule has 2 aromatic rings. The van der Waals surface area contributed by atoms with E-state index in [0.717, 1.165) is 25.5 Å². The quantitative estimate of drug-likeness (QED) is 0.658. The Morgan fingerprint density at radius 2 is 2.35 bits per heavy atom. The van der Waals surface area contributed by atoms with Gasteiger partial charge in [-0.25, -0.2) is 4.39 Å². The van der Waals surface area contributed by atoms with Crippen LogP contribution in [0.4, 0.5) is 4.39 Å². The van der Waals surface area contributed by atoms with Gasteiger partial charge in [0.25, 0.3) is 0 Å². The van der Waals surface area contributed by atoms with Crippen LogP contribution in [0.3, 0.4) is 0 Å². The molecule has 3 rings (SSSR count). The average Bonchev–Trinajstić information content (AvgIpc) is 3.24. The van der Waals surface area contributed by atoms with Crippen molar-refractivity contribution < 1.29 is 9.13 Å². The van der Waals surface area contributed by atoms with E-state index in [4.69, 9.17) is 4.74 Å². The summed E-state index contributed by atoms with van der Waals surface area (Å²) in [6.45, 7) is 4.42. The minimum Gasteiger partial charge on any atom is -0.489 e. The molecule has 0 spiro atoms. The fourth-order valence-electron chi connectivity index (χ4n) is 3.26. The first-order chi connectivity index (χ1) is 12.5. The largest absolute Gasteiger partial charge is 0.489 e.